The molecule has 2 amide bonds. The van der Waals surface area contributed by atoms with Crippen LogP contribution >= 0.6 is 0 Å². The first kappa shape index (κ1) is 15.1. The summed E-state index contributed by atoms with van der Waals surface area (Å²) in [4.78, 5) is 25.1. The maximum atomic E-state index is 11.9. The molecule has 2 aromatic carbocycles. The predicted molar refractivity (Wildman–Crippen MR) is 89.0 cm³/mol. The van der Waals surface area contributed by atoms with E-state index in [4.69, 9.17) is 4.74 Å². The second kappa shape index (κ2) is 5.87. The molecule has 0 spiro atoms. The lowest BCUT2D eigenvalue weighted by molar-refractivity contribution is -0.138. The number of nitrogens with zero attached hydrogens (tertiary/aromatic N) is 1. The van der Waals surface area contributed by atoms with Crippen LogP contribution in [0.4, 0.5) is 0 Å². The van der Waals surface area contributed by atoms with Gasteiger partial charge in [0.1, 0.15) is 11.7 Å². The quantitative estimate of drug-likeness (QED) is 0.628. The lowest BCUT2D eigenvalue weighted by Gasteiger charge is -2.19. The first-order valence-electron chi connectivity index (χ1n) is 8.32. The number of likely N-dealkylation sites (tertiary alicyclic amines) is 1. The molecule has 0 aromatic heterocycles. The van der Waals surface area contributed by atoms with Crippen molar-refractivity contribution < 1.29 is 14.3 Å². The number of hydrogen-bond acceptors (Lipinski definition) is 3. The van der Waals surface area contributed by atoms with Crippen molar-refractivity contribution in [3.63, 3.8) is 0 Å². The van der Waals surface area contributed by atoms with Crippen LogP contribution in [0.2, 0.25) is 0 Å². The van der Waals surface area contributed by atoms with E-state index in [2.05, 4.69) is 24.3 Å². The lowest BCUT2D eigenvalue weighted by atomic mass is 9.89. The van der Waals surface area contributed by atoms with E-state index in [9.17, 15) is 9.59 Å². The molecule has 0 radical (unpaired) electrons. The van der Waals surface area contributed by atoms with Crippen molar-refractivity contribution in [3.8, 4) is 0 Å². The van der Waals surface area contributed by atoms with Gasteiger partial charge in [-0.25, -0.2) is 0 Å². The number of amides is 2. The van der Waals surface area contributed by atoms with Gasteiger partial charge in [-0.05, 0) is 11.1 Å². The molecular formula is C20H19NO3. The van der Waals surface area contributed by atoms with Crippen molar-refractivity contribution in [2.45, 2.75) is 31.0 Å². The third-order valence-electron chi connectivity index (χ3n) is 4.92. The van der Waals surface area contributed by atoms with Crippen LogP contribution in [0.25, 0.3) is 0 Å². The molecule has 2 aromatic rings. The van der Waals surface area contributed by atoms with E-state index in [1.165, 1.54) is 4.90 Å². The molecule has 4 heteroatoms. The number of epoxide rings is 1. The van der Waals surface area contributed by atoms with Crippen molar-refractivity contribution >= 4 is 11.8 Å². The molecule has 2 heterocycles. The second-order valence-electron chi connectivity index (χ2n) is 6.35. The molecule has 2 aliphatic heterocycles. The molecule has 4 nitrogen and oxygen atoms in total. The SMILES string of the molecule is O=C1CCC(=O)N1CCC1(c2ccccc2)OC1c1ccccc1. The van der Waals surface area contributed by atoms with E-state index < -0.39 is 5.60 Å². The highest BCUT2D eigenvalue weighted by atomic mass is 16.6. The summed E-state index contributed by atoms with van der Waals surface area (Å²) < 4.78 is 6.16. The van der Waals surface area contributed by atoms with E-state index in [0.717, 1.165) is 11.1 Å². The molecule has 2 saturated heterocycles. The van der Waals surface area contributed by atoms with Gasteiger partial charge in [-0.1, -0.05) is 60.7 Å². The van der Waals surface area contributed by atoms with Crippen LogP contribution in [0.15, 0.2) is 60.7 Å². The van der Waals surface area contributed by atoms with Crippen LogP contribution in [-0.4, -0.2) is 23.3 Å². The summed E-state index contributed by atoms with van der Waals surface area (Å²) in [5.74, 6) is -0.139. The van der Waals surface area contributed by atoms with Crippen LogP contribution in [0.5, 0.6) is 0 Å². The third-order valence-corrected chi connectivity index (χ3v) is 4.92. The van der Waals surface area contributed by atoms with Gasteiger partial charge in [0.05, 0.1) is 0 Å². The van der Waals surface area contributed by atoms with E-state index >= 15 is 0 Å². The Hall–Kier alpha value is -2.46. The normalized spacial score (nSPS) is 26.0. The highest BCUT2D eigenvalue weighted by molar-refractivity contribution is 6.01. The highest BCUT2D eigenvalue weighted by Gasteiger charge is 2.58. The Labute approximate surface area is 141 Å². The molecule has 2 aliphatic rings. The van der Waals surface area contributed by atoms with Gasteiger partial charge < -0.3 is 4.74 Å². The monoisotopic (exact) mass is 321 g/mol. The molecule has 2 atom stereocenters. The van der Waals surface area contributed by atoms with Gasteiger partial charge in [0.15, 0.2) is 0 Å². The largest absolute Gasteiger partial charge is 0.356 e. The van der Waals surface area contributed by atoms with Crippen LogP contribution in [0, 0.1) is 0 Å². The molecule has 0 N–H and O–H groups in total. The van der Waals surface area contributed by atoms with Gasteiger partial charge >= 0.3 is 0 Å². The fourth-order valence-electron chi connectivity index (χ4n) is 3.57. The first-order chi connectivity index (χ1) is 11.7. The molecule has 0 aliphatic carbocycles. The number of benzene rings is 2. The zero-order valence-electron chi connectivity index (χ0n) is 13.4. The van der Waals surface area contributed by atoms with Crippen LogP contribution < -0.4 is 0 Å². The molecular weight excluding hydrogens is 302 g/mol. The Morgan fingerprint density at radius 2 is 1.50 bits per heavy atom. The smallest absolute Gasteiger partial charge is 0.229 e. The van der Waals surface area contributed by atoms with E-state index in [0.29, 0.717) is 25.8 Å². The summed E-state index contributed by atoms with van der Waals surface area (Å²) in [5.41, 5.74) is 1.77. The van der Waals surface area contributed by atoms with Crippen molar-refractivity contribution in [2.24, 2.45) is 0 Å². The van der Waals surface area contributed by atoms with Gasteiger partial charge in [0.25, 0.3) is 0 Å². The van der Waals surface area contributed by atoms with E-state index in [-0.39, 0.29) is 17.9 Å². The van der Waals surface area contributed by atoms with Crippen LogP contribution in [0.1, 0.15) is 36.5 Å². The fraction of sp³-hybridized carbons (Fsp3) is 0.300. The number of rotatable bonds is 5. The van der Waals surface area contributed by atoms with Crippen LogP contribution in [-0.2, 0) is 19.9 Å². The third kappa shape index (κ3) is 2.53. The van der Waals surface area contributed by atoms with Crippen molar-refractivity contribution in [1.29, 1.82) is 0 Å². The Bertz CT molecular complexity index is 743. The minimum Gasteiger partial charge on any atom is -0.356 e. The summed E-state index contributed by atoms with van der Waals surface area (Å²) in [6.45, 7) is 0.413. The summed E-state index contributed by atoms with van der Waals surface area (Å²) in [5, 5.41) is 0. The minimum absolute atomic E-state index is 0.0334. The first-order valence-corrected chi connectivity index (χ1v) is 8.32. The lowest BCUT2D eigenvalue weighted by Crippen LogP contribution is -2.32. The zero-order chi connectivity index (χ0) is 16.6. The van der Waals surface area contributed by atoms with Gasteiger partial charge in [-0.15, -0.1) is 0 Å². The average molecular weight is 321 g/mol. The van der Waals surface area contributed by atoms with Gasteiger partial charge in [0, 0.05) is 25.8 Å². The average Bonchev–Trinajstić information content (AvgIpc) is 3.29. The molecule has 24 heavy (non-hydrogen) atoms. The summed E-state index contributed by atoms with van der Waals surface area (Å²) in [7, 11) is 0. The molecule has 2 fully saturated rings. The van der Waals surface area contributed by atoms with Gasteiger partial charge in [0.2, 0.25) is 11.8 Å². The summed E-state index contributed by atoms with van der Waals surface area (Å²) in [6.07, 6.45) is 1.25. The predicted octanol–water partition coefficient (Wildman–Crippen LogP) is 3.19. The van der Waals surface area contributed by atoms with Crippen molar-refractivity contribution in [1.82, 2.24) is 4.90 Å². The molecule has 122 valence electrons. The minimum atomic E-state index is -0.453. The zero-order valence-corrected chi connectivity index (χ0v) is 13.4. The summed E-state index contributed by atoms with van der Waals surface area (Å²) in [6, 6.07) is 20.2. The Balaban J connectivity index is 1.59. The number of imide groups is 1. The Morgan fingerprint density at radius 1 is 0.917 bits per heavy atom. The molecule has 0 bridgehead atoms. The fourth-order valence-corrected chi connectivity index (χ4v) is 3.57. The standard InChI is InChI=1S/C20H19NO3/c22-17-11-12-18(23)21(17)14-13-20(16-9-5-2-6-10-16)19(24-20)15-7-3-1-4-8-15/h1-10,19H,11-14H2. The molecule has 4 rings (SSSR count). The maximum absolute atomic E-state index is 11.9. The molecule has 0 saturated carbocycles. The number of hydrogen-bond donors (Lipinski definition) is 0. The highest BCUT2D eigenvalue weighted by Crippen LogP contribution is 2.59. The number of carbonyl (C=O) groups is 2. The van der Waals surface area contributed by atoms with Gasteiger partial charge in [-0.3, -0.25) is 14.5 Å². The maximum Gasteiger partial charge on any atom is 0.229 e. The Morgan fingerprint density at radius 3 is 2.12 bits per heavy atom. The number of ether oxygens (including phenoxy) is 1. The van der Waals surface area contributed by atoms with Crippen LogP contribution in [0.3, 0.4) is 0 Å². The van der Waals surface area contributed by atoms with Crippen molar-refractivity contribution in [2.75, 3.05) is 6.54 Å². The van der Waals surface area contributed by atoms with Gasteiger partial charge in [-0.2, -0.15) is 0 Å². The Kier molecular flexibility index (Phi) is 3.69. The van der Waals surface area contributed by atoms with Crippen molar-refractivity contribution in [3.05, 3.63) is 71.8 Å². The van der Waals surface area contributed by atoms with E-state index in [1.807, 2.05) is 36.4 Å². The molecule has 2 unspecified atom stereocenters. The summed E-state index contributed by atoms with van der Waals surface area (Å²) >= 11 is 0. The number of carbonyl (C=O) groups excluding carboxylic acids is 2. The van der Waals surface area contributed by atoms with E-state index in [1.54, 1.807) is 0 Å². The topological polar surface area (TPSA) is 49.9 Å². The second-order valence-corrected chi connectivity index (χ2v) is 6.35.